The van der Waals surface area contributed by atoms with Crippen LogP contribution in [0.15, 0.2) is 42.5 Å². The van der Waals surface area contributed by atoms with Gasteiger partial charge >= 0.3 is 5.97 Å². The first-order valence-electron chi connectivity index (χ1n) is 7.44. The second kappa shape index (κ2) is 8.36. The van der Waals surface area contributed by atoms with Gasteiger partial charge < -0.3 is 15.4 Å². The van der Waals surface area contributed by atoms with Gasteiger partial charge in [0.25, 0.3) is 0 Å². The average molecular weight is 347 g/mol. The molecule has 0 aromatic heterocycles. The smallest absolute Gasteiger partial charge is 0.337 e. The van der Waals surface area contributed by atoms with Crippen molar-refractivity contribution in [2.45, 2.75) is 13.5 Å². The van der Waals surface area contributed by atoms with Crippen LogP contribution in [-0.4, -0.2) is 25.5 Å². The largest absolute Gasteiger partial charge is 0.465 e. The molecule has 0 aliphatic carbocycles. The van der Waals surface area contributed by atoms with E-state index in [4.69, 9.17) is 11.6 Å². The molecular weight excluding hydrogens is 328 g/mol. The fourth-order valence-electron chi connectivity index (χ4n) is 2.15. The third-order valence-electron chi connectivity index (χ3n) is 3.56. The summed E-state index contributed by atoms with van der Waals surface area (Å²) in [6.45, 7) is 2.51. The predicted octanol–water partition coefficient (Wildman–Crippen LogP) is 3.16. The highest BCUT2D eigenvalue weighted by Gasteiger charge is 2.10. The maximum atomic E-state index is 12.0. The number of esters is 1. The lowest BCUT2D eigenvalue weighted by Crippen LogP contribution is -2.29. The minimum atomic E-state index is -0.460. The number of ether oxygens (including phenoxy) is 1. The van der Waals surface area contributed by atoms with Crippen LogP contribution in [0, 0.1) is 6.92 Å². The number of carbonyl (C=O) groups is 2. The Morgan fingerprint density at radius 1 is 1.17 bits per heavy atom. The number of aryl methyl sites for hydroxylation is 1. The van der Waals surface area contributed by atoms with E-state index in [2.05, 4.69) is 15.4 Å². The van der Waals surface area contributed by atoms with Crippen molar-refractivity contribution < 1.29 is 14.3 Å². The van der Waals surface area contributed by atoms with Gasteiger partial charge in [-0.25, -0.2) is 4.79 Å². The van der Waals surface area contributed by atoms with Crippen molar-refractivity contribution in [1.82, 2.24) is 5.32 Å². The van der Waals surface area contributed by atoms with E-state index in [-0.39, 0.29) is 12.5 Å². The third-order valence-corrected chi connectivity index (χ3v) is 3.89. The Morgan fingerprint density at radius 2 is 1.92 bits per heavy atom. The lowest BCUT2D eigenvalue weighted by Gasteiger charge is -2.11. The van der Waals surface area contributed by atoms with Gasteiger partial charge in [-0.2, -0.15) is 0 Å². The van der Waals surface area contributed by atoms with Crippen molar-refractivity contribution in [3.05, 3.63) is 64.2 Å². The van der Waals surface area contributed by atoms with Gasteiger partial charge in [0.15, 0.2) is 0 Å². The number of hydrogen-bond acceptors (Lipinski definition) is 4. The Kier molecular flexibility index (Phi) is 6.21. The van der Waals surface area contributed by atoms with Crippen LogP contribution in [0.25, 0.3) is 0 Å². The predicted molar refractivity (Wildman–Crippen MR) is 94.3 cm³/mol. The summed E-state index contributed by atoms with van der Waals surface area (Å²) in [7, 11) is 1.31. The van der Waals surface area contributed by atoms with E-state index in [0.29, 0.717) is 22.8 Å². The highest BCUT2D eigenvalue weighted by Crippen LogP contribution is 2.23. The molecule has 1 amide bonds. The van der Waals surface area contributed by atoms with Crippen LogP contribution in [0.1, 0.15) is 21.5 Å². The van der Waals surface area contributed by atoms with Crippen LogP contribution in [0.3, 0.4) is 0 Å². The molecule has 0 fully saturated rings. The van der Waals surface area contributed by atoms with Gasteiger partial charge in [-0.15, -0.1) is 0 Å². The molecule has 0 aliphatic heterocycles. The molecule has 24 heavy (non-hydrogen) atoms. The number of carbonyl (C=O) groups excluding carboxylic acids is 2. The number of anilines is 1. The molecule has 0 atom stereocenters. The summed E-state index contributed by atoms with van der Waals surface area (Å²) in [6, 6.07) is 12.6. The van der Waals surface area contributed by atoms with Gasteiger partial charge in [0.05, 0.1) is 29.9 Å². The van der Waals surface area contributed by atoms with Crippen molar-refractivity contribution >= 4 is 29.2 Å². The lowest BCUT2D eigenvalue weighted by atomic mass is 10.1. The SMILES string of the molecule is COC(=O)c1ccc(Cl)c(NCC(=O)NCc2ccccc2C)c1. The molecule has 0 heterocycles. The Morgan fingerprint density at radius 3 is 2.62 bits per heavy atom. The summed E-state index contributed by atoms with van der Waals surface area (Å²) in [5, 5.41) is 6.20. The Labute approximate surface area is 146 Å². The zero-order valence-electron chi connectivity index (χ0n) is 13.6. The van der Waals surface area contributed by atoms with Crippen molar-refractivity contribution in [1.29, 1.82) is 0 Å². The summed E-state index contributed by atoms with van der Waals surface area (Å²) in [4.78, 5) is 23.5. The van der Waals surface area contributed by atoms with Gasteiger partial charge in [0, 0.05) is 6.54 Å². The standard InChI is InChI=1S/C18H19ClN2O3/c1-12-5-3-4-6-14(12)10-21-17(22)11-20-16-9-13(18(23)24-2)7-8-15(16)19/h3-9,20H,10-11H2,1-2H3,(H,21,22). The van der Waals surface area contributed by atoms with E-state index in [9.17, 15) is 9.59 Å². The van der Waals surface area contributed by atoms with Crippen LogP contribution >= 0.6 is 11.6 Å². The van der Waals surface area contributed by atoms with E-state index < -0.39 is 5.97 Å². The van der Waals surface area contributed by atoms with Crippen molar-refractivity contribution in [2.24, 2.45) is 0 Å². The molecule has 2 rings (SSSR count). The van der Waals surface area contributed by atoms with Gasteiger partial charge in [-0.1, -0.05) is 35.9 Å². The highest BCUT2D eigenvalue weighted by atomic mass is 35.5. The second-order valence-electron chi connectivity index (χ2n) is 5.24. The monoisotopic (exact) mass is 346 g/mol. The molecule has 0 aliphatic rings. The molecule has 2 N–H and O–H groups in total. The number of benzene rings is 2. The third kappa shape index (κ3) is 4.73. The summed E-state index contributed by atoms with van der Waals surface area (Å²) in [6.07, 6.45) is 0. The van der Waals surface area contributed by atoms with Crippen LogP contribution in [0.4, 0.5) is 5.69 Å². The molecule has 6 heteroatoms. The molecule has 0 radical (unpaired) electrons. The number of amides is 1. The first kappa shape index (κ1) is 17.8. The quantitative estimate of drug-likeness (QED) is 0.788. The number of halogens is 1. The van der Waals surface area contributed by atoms with Crippen molar-refractivity contribution in [3.63, 3.8) is 0 Å². The Hall–Kier alpha value is -2.53. The van der Waals surface area contributed by atoms with Crippen molar-refractivity contribution in [2.75, 3.05) is 19.0 Å². The van der Waals surface area contributed by atoms with Crippen LogP contribution in [-0.2, 0) is 16.1 Å². The van der Waals surface area contributed by atoms with Gasteiger partial charge in [-0.05, 0) is 36.2 Å². The first-order chi connectivity index (χ1) is 11.5. The topological polar surface area (TPSA) is 67.4 Å². The number of hydrogen-bond donors (Lipinski definition) is 2. The summed E-state index contributed by atoms with van der Waals surface area (Å²) in [5.74, 6) is -0.628. The molecule has 5 nitrogen and oxygen atoms in total. The molecule has 2 aromatic carbocycles. The Balaban J connectivity index is 1.92. The first-order valence-corrected chi connectivity index (χ1v) is 7.82. The second-order valence-corrected chi connectivity index (χ2v) is 5.65. The van der Waals surface area contributed by atoms with Gasteiger partial charge in [0.1, 0.15) is 0 Å². The molecule has 126 valence electrons. The van der Waals surface area contributed by atoms with Crippen molar-refractivity contribution in [3.8, 4) is 0 Å². The van der Waals surface area contributed by atoms with Gasteiger partial charge in [-0.3, -0.25) is 4.79 Å². The summed E-state index contributed by atoms with van der Waals surface area (Å²) >= 11 is 6.07. The van der Waals surface area contributed by atoms with Gasteiger partial charge in [0.2, 0.25) is 5.91 Å². The summed E-state index contributed by atoms with van der Waals surface area (Å²) in [5.41, 5.74) is 3.06. The fourth-order valence-corrected chi connectivity index (χ4v) is 2.33. The summed E-state index contributed by atoms with van der Waals surface area (Å²) < 4.78 is 4.67. The average Bonchev–Trinajstić information content (AvgIpc) is 2.59. The fraction of sp³-hybridized carbons (Fsp3) is 0.222. The van der Waals surface area contributed by atoms with E-state index in [1.54, 1.807) is 18.2 Å². The molecule has 2 aromatic rings. The minimum Gasteiger partial charge on any atom is -0.465 e. The zero-order chi connectivity index (χ0) is 17.5. The maximum Gasteiger partial charge on any atom is 0.337 e. The highest BCUT2D eigenvalue weighted by molar-refractivity contribution is 6.33. The molecule has 0 saturated heterocycles. The zero-order valence-corrected chi connectivity index (χ0v) is 14.3. The molecule has 0 bridgehead atoms. The molecule has 0 unspecified atom stereocenters. The Bertz CT molecular complexity index is 747. The van der Waals surface area contributed by atoms with Crippen LogP contribution < -0.4 is 10.6 Å². The number of rotatable bonds is 6. The van der Waals surface area contributed by atoms with Crippen LogP contribution in [0.2, 0.25) is 5.02 Å². The van der Waals surface area contributed by atoms with E-state index in [0.717, 1.165) is 11.1 Å². The van der Waals surface area contributed by atoms with E-state index in [1.807, 2.05) is 31.2 Å². The molecule has 0 spiro atoms. The molecule has 0 saturated carbocycles. The normalized spacial score (nSPS) is 10.1. The lowest BCUT2D eigenvalue weighted by molar-refractivity contribution is -0.119. The van der Waals surface area contributed by atoms with E-state index >= 15 is 0 Å². The maximum absolute atomic E-state index is 12.0. The number of nitrogens with one attached hydrogen (secondary N) is 2. The number of methoxy groups -OCH3 is 1. The minimum absolute atomic E-state index is 0.0518. The molecular formula is C18H19ClN2O3. The van der Waals surface area contributed by atoms with Crippen LogP contribution in [0.5, 0.6) is 0 Å². The van der Waals surface area contributed by atoms with E-state index in [1.165, 1.54) is 7.11 Å².